The van der Waals surface area contributed by atoms with Gasteiger partial charge in [0.05, 0.1) is 6.61 Å². The second kappa shape index (κ2) is 9.07. The molecule has 0 unspecified atom stereocenters. The van der Waals surface area contributed by atoms with Crippen LogP contribution in [-0.2, 0) is 9.53 Å². The molecule has 0 aliphatic heterocycles. The Balaban J connectivity index is 2.93. The van der Waals surface area contributed by atoms with Gasteiger partial charge in [0.2, 0.25) is 0 Å². The van der Waals surface area contributed by atoms with Crippen molar-refractivity contribution in [3.8, 4) is 5.75 Å². The van der Waals surface area contributed by atoms with Gasteiger partial charge in [-0.1, -0.05) is 27.2 Å². The fraction of sp³-hybridized carbons (Fsp3) is 0.650. The summed E-state index contributed by atoms with van der Waals surface area (Å²) in [5.74, 6) is 1.28. The van der Waals surface area contributed by atoms with Crippen LogP contribution in [-0.4, -0.2) is 24.7 Å². The van der Waals surface area contributed by atoms with Crippen LogP contribution in [0.3, 0.4) is 0 Å². The van der Waals surface area contributed by atoms with E-state index in [4.69, 9.17) is 9.47 Å². The van der Waals surface area contributed by atoms with Crippen LogP contribution in [0.15, 0.2) is 12.1 Å². The molecule has 0 aliphatic rings. The zero-order chi connectivity index (χ0) is 18.3. The third kappa shape index (κ3) is 5.52. The van der Waals surface area contributed by atoms with Crippen molar-refractivity contribution in [1.82, 2.24) is 0 Å². The Morgan fingerprint density at radius 2 is 1.79 bits per heavy atom. The van der Waals surface area contributed by atoms with E-state index in [9.17, 15) is 4.79 Å². The number of nitrogens with one attached hydrogen (secondary N) is 1. The van der Waals surface area contributed by atoms with Gasteiger partial charge in [-0.05, 0) is 63.3 Å². The molecule has 0 saturated carbocycles. The molecule has 0 aromatic heterocycles. The molecule has 0 aliphatic carbocycles. The van der Waals surface area contributed by atoms with E-state index in [1.54, 1.807) is 0 Å². The van der Waals surface area contributed by atoms with Crippen molar-refractivity contribution in [3.63, 3.8) is 0 Å². The molecule has 0 saturated heterocycles. The molecule has 1 atom stereocenters. The summed E-state index contributed by atoms with van der Waals surface area (Å²) in [5.41, 5.74) is 2.05. The van der Waals surface area contributed by atoms with E-state index < -0.39 is 5.60 Å². The highest BCUT2D eigenvalue weighted by Gasteiger charge is 2.33. The van der Waals surface area contributed by atoms with Crippen molar-refractivity contribution in [2.45, 2.75) is 66.9 Å². The maximum atomic E-state index is 12.7. The number of aryl methyl sites for hydroxylation is 2. The van der Waals surface area contributed by atoms with Gasteiger partial charge >= 0.3 is 0 Å². The van der Waals surface area contributed by atoms with Crippen LogP contribution in [0.25, 0.3) is 0 Å². The number of ether oxygens (including phenoxy) is 2. The number of carbonyl (C=O) groups excluding carboxylic acids is 1. The third-order valence-corrected chi connectivity index (χ3v) is 3.95. The molecule has 0 bridgehead atoms. The Hall–Kier alpha value is -1.55. The molecule has 4 nitrogen and oxygen atoms in total. The average molecular weight is 335 g/mol. The van der Waals surface area contributed by atoms with Gasteiger partial charge in [-0.2, -0.15) is 0 Å². The molecule has 1 aromatic rings. The normalized spacial score (nSPS) is 13.7. The van der Waals surface area contributed by atoms with E-state index in [0.29, 0.717) is 25.6 Å². The molecule has 136 valence electrons. The number of benzene rings is 1. The Labute approximate surface area is 146 Å². The highest BCUT2D eigenvalue weighted by Crippen LogP contribution is 2.29. The molecular weight excluding hydrogens is 302 g/mol. The number of anilines is 1. The van der Waals surface area contributed by atoms with Gasteiger partial charge in [0, 0.05) is 12.3 Å². The predicted molar refractivity (Wildman–Crippen MR) is 99.8 cm³/mol. The largest absolute Gasteiger partial charge is 0.493 e. The summed E-state index contributed by atoms with van der Waals surface area (Å²) in [6.45, 7) is 15.3. The fourth-order valence-electron chi connectivity index (χ4n) is 2.81. The minimum Gasteiger partial charge on any atom is -0.493 e. The zero-order valence-electron chi connectivity index (χ0n) is 16.3. The van der Waals surface area contributed by atoms with Gasteiger partial charge in [0.1, 0.15) is 11.4 Å². The third-order valence-electron chi connectivity index (χ3n) is 3.95. The van der Waals surface area contributed by atoms with E-state index in [-0.39, 0.29) is 5.91 Å². The minimum atomic E-state index is -0.794. The number of hydrogen-bond donors (Lipinski definition) is 1. The van der Waals surface area contributed by atoms with Gasteiger partial charge in [0.15, 0.2) is 0 Å². The summed E-state index contributed by atoms with van der Waals surface area (Å²) in [6, 6.07) is 3.91. The second-order valence-corrected chi connectivity index (χ2v) is 7.01. The Morgan fingerprint density at radius 1 is 1.21 bits per heavy atom. The monoisotopic (exact) mass is 335 g/mol. The molecule has 1 N–H and O–H groups in total. The quantitative estimate of drug-likeness (QED) is 0.700. The highest BCUT2D eigenvalue weighted by molar-refractivity contribution is 5.97. The van der Waals surface area contributed by atoms with E-state index in [1.165, 1.54) is 0 Å². The summed E-state index contributed by atoms with van der Waals surface area (Å²) in [5, 5.41) is 3.01. The molecule has 4 heteroatoms. The van der Waals surface area contributed by atoms with Gasteiger partial charge in [-0.15, -0.1) is 0 Å². The lowest BCUT2D eigenvalue weighted by Crippen LogP contribution is -2.42. The first kappa shape index (κ1) is 20.5. The molecule has 1 amide bonds. The van der Waals surface area contributed by atoms with E-state index in [0.717, 1.165) is 29.0 Å². The summed E-state index contributed by atoms with van der Waals surface area (Å²) < 4.78 is 11.6. The van der Waals surface area contributed by atoms with Crippen molar-refractivity contribution in [2.24, 2.45) is 5.92 Å². The minimum absolute atomic E-state index is 0.0964. The van der Waals surface area contributed by atoms with Crippen molar-refractivity contribution >= 4 is 11.6 Å². The maximum Gasteiger partial charge on any atom is 0.256 e. The average Bonchev–Trinajstić information content (AvgIpc) is 2.46. The topological polar surface area (TPSA) is 47.6 Å². The predicted octanol–water partition coefficient (Wildman–Crippen LogP) is 4.87. The van der Waals surface area contributed by atoms with Crippen molar-refractivity contribution < 1.29 is 14.3 Å². The summed E-state index contributed by atoms with van der Waals surface area (Å²) in [6.07, 6.45) is 1.59. The second-order valence-electron chi connectivity index (χ2n) is 7.01. The van der Waals surface area contributed by atoms with Crippen LogP contribution >= 0.6 is 0 Å². The lowest BCUT2D eigenvalue weighted by Gasteiger charge is -2.28. The summed E-state index contributed by atoms with van der Waals surface area (Å²) in [4.78, 5) is 12.7. The first-order chi connectivity index (χ1) is 11.2. The number of rotatable bonds is 9. The van der Waals surface area contributed by atoms with E-state index in [1.807, 2.05) is 39.8 Å². The van der Waals surface area contributed by atoms with Crippen LogP contribution < -0.4 is 10.1 Å². The first-order valence-corrected chi connectivity index (χ1v) is 8.93. The number of amides is 1. The molecule has 0 heterocycles. The molecule has 24 heavy (non-hydrogen) atoms. The Bertz CT molecular complexity index is 523. The SMILES string of the molecule is CCC[C@](C)(OCC)C(=O)Nc1cc(C)c(OCC(C)C)c(C)c1. The van der Waals surface area contributed by atoms with Crippen molar-refractivity contribution in [1.29, 1.82) is 0 Å². The van der Waals surface area contributed by atoms with Crippen molar-refractivity contribution in [2.75, 3.05) is 18.5 Å². The van der Waals surface area contributed by atoms with Crippen LogP contribution in [0.2, 0.25) is 0 Å². The number of hydrogen-bond acceptors (Lipinski definition) is 3. The van der Waals surface area contributed by atoms with Crippen LogP contribution in [0.5, 0.6) is 5.75 Å². The van der Waals surface area contributed by atoms with Crippen molar-refractivity contribution in [3.05, 3.63) is 23.3 Å². The lowest BCUT2D eigenvalue weighted by atomic mass is 9.98. The molecule has 0 spiro atoms. The maximum absolute atomic E-state index is 12.7. The standard InChI is InChI=1S/C20H33NO3/c1-8-10-20(7,24-9-2)19(22)21-17-11-15(5)18(16(6)12-17)23-13-14(3)4/h11-12,14H,8-10,13H2,1-7H3,(H,21,22)/t20-/m0/s1. The first-order valence-electron chi connectivity index (χ1n) is 8.93. The molecule has 1 aromatic carbocycles. The number of carbonyl (C=O) groups is 1. The van der Waals surface area contributed by atoms with Gasteiger partial charge in [-0.25, -0.2) is 0 Å². The van der Waals surface area contributed by atoms with E-state index in [2.05, 4.69) is 26.1 Å². The van der Waals surface area contributed by atoms with Crippen LogP contribution in [0.1, 0.15) is 58.6 Å². The molecule has 0 radical (unpaired) electrons. The van der Waals surface area contributed by atoms with Crippen LogP contribution in [0.4, 0.5) is 5.69 Å². The smallest absolute Gasteiger partial charge is 0.256 e. The Morgan fingerprint density at radius 3 is 2.25 bits per heavy atom. The lowest BCUT2D eigenvalue weighted by molar-refractivity contribution is -0.139. The fourth-order valence-corrected chi connectivity index (χ4v) is 2.81. The molecular formula is C20H33NO3. The summed E-state index contributed by atoms with van der Waals surface area (Å²) in [7, 11) is 0. The van der Waals surface area contributed by atoms with Crippen LogP contribution in [0, 0.1) is 19.8 Å². The molecule has 1 rings (SSSR count). The van der Waals surface area contributed by atoms with Gasteiger partial charge in [-0.3, -0.25) is 4.79 Å². The van der Waals surface area contributed by atoms with Gasteiger partial charge < -0.3 is 14.8 Å². The highest BCUT2D eigenvalue weighted by atomic mass is 16.5. The summed E-state index contributed by atoms with van der Waals surface area (Å²) >= 11 is 0. The Kier molecular flexibility index (Phi) is 7.74. The van der Waals surface area contributed by atoms with Gasteiger partial charge in [0.25, 0.3) is 5.91 Å². The van der Waals surface area contributed by atoms with E-state index >= 15 is 0 Å². The zero-order valence-corrected chi connectivity index (χ0v) is 16.3. The molecule has 0 fully saturated rings.